The predicted octanol–water partition coefficient (Wildman–Crippen LogP) is -1.86. The molecule has 0 aliphatic rings. The number of amides is 1. The average molecular weight is 149 g/mol. The van der Waals surface area contributed by atoms with Gasteiger partial charge in [-0.3, -0.25) is 4.79 Å². The molecule has 0 aliphatic carbocycles. The Morgan fingerprint density at radius 1 is 1.50 bits per heavy atom. The van der Waals surface area contributed by atoms with Gasteiger partial charge >= 0.3 is 0 Å². The minimum Gasteiger partial charge on any atom is -0.348 e. The number of carbonyl (C=O) groups is 1. The summed E-state index contributed by atoms with van der Waals surface area (Å²) in [6.07, 6.45) is 0.246. The summed E-state index contributed by atoms with van der Waals surface area (Å²) in [6.45, 7) is 1.04. The van der Waals surface area contributed by atoms with Crippen molar-refractivity contribution < 1.29 is 20.1 Å². The lowest BCUT2D eigenvalue weighted by Crippen LogP contribution is -2.42. The number of carbonyl (C=O) groups excluding carboxylic acids is 1. The van der Waals surface area contributed by atoms with Crippen LogP contribution in [0.2, 0.25) is 0 Å². The summed E-state index contributed by atoms with van der Waals surface area (Å²) < 4.78 is 0. The van der Waals surface area contributed by atoms with Crippen molar-refractivity contribution in [2.75, 3.05) is 6.54 Å². The van der Waals surface area contributed by atoms with E-state index in [9.17, 15) is 4.79 Å². The van der Waals surface area contributed by atoms with Crippen molar-refractivity contribution in [3.8, 4) is 0 Å². The van der Waals surface area contributed by atoms with Crippen LogP contribution in [0.15, 0.2) is 0 Å². The van der Waals surface area contributed by atoms with Crippen LogP contribution in [0.25, 0.3) is 0 Å². The van der Waals surface area contributed by atoms with E-state index < -0.39 is 12.5 Å². The number of aliphatic hydroxyl groups is 3. The Bertz CT molecular complexity index is 117. The third-order valence-electron chi connectivity index (χ3n) is 0.844. The second kappa shape index (κ2) is 3.50. The maximum atomic E-state index is 10.4. The monoisotopic (exact) mass is 149 g/mol. The van der Waals surface area contributed by atoms with Crippen LogP contribution in [0.1, 0.15) is 13.3 Å². The van der Waals surface area contributed by atoms with Crippen LogP contribution >= 0.6 is 0 Å². The third-order valence-corrected chi connectivity index (χ3v) is 0.844. The van der Waals surface area contributed by atoms with E-state index >= 15 is 0 Å². The molecule has 60 valence electrons. The molecule has 0 aliphatic heterocycles. The van der Waals surface area contributed by atoms with Gasteiger partial charge in [-0.15, -0.1) is 0 Å². The van der Waals surface area contributed by atoms with Crippen molar-refractivity contribution in [2.24, 2.45) is 0 Å². The van der Waals surface area contributed by atoms with E-state index in [4.69, 9.17) is 15.3 Å². The average Bonchev–Trinajstić information content (AvgIpc) is 1.81. The van der Waals surface area contributed by atoms with Gasteiger partial charge in [-0.2, -0.15) is 0 Å². The Kier molecular flexibility index (Phi) is 3.27. The van der Waals surface area contributed by atoms with Gasteiger partial charge in [0.05, 0.1) is 6.54 Å². The molecule has 0 saturated carbocycles. The van der Waals surface area contributed by atoms with Crippen LogP contribution in [-0.2, 0) is 4.79 Å². The molecule has 0 rings (SSSR count). The maximum Gasteiger partial charge on any atom is 0.293 e. The largest absolute Gasteiger partial charge is 0.348 e. The van der Waals surface area contributed by atoms with Gasteiger partial charge in [0.15, 0.2) is 0 Å². The molecule has 0 aromatic rings. The highest BCUT2D eigenvalue weighted by Gasteiger charge is 2.17. The maximum absolute atomic E-state index is 10.4. The van der Waals surface area contributed by atoms with Crippen LogP contribution < -0.4 is 5.32 Å². The fraction of sp³-hybridized carbons (Fsp3) is 0.800. The summed E-state index contributed by atoms with van der Waals surface area (Å²) in [5.74, 6) is -3.15. The summed E-state index contributed by atoms with van der Waals surface area (Å²) in [5.41, 5.74) is 0. The van der Waals surface area contributed by atoms with Crippen molar-refractivity contribution in [3.05, 3.63) is 0 Å². The highest BCUT2D eigenvalue weighted by molar-refractivity contribution is 5.75. The van der Waals surface area contributed by atoms with Gasteiger partial charge in [-0.1, -0.05) is 6.92 Å². The molecule has 0 unspecified atom stereocenters. The SMILES string of the molecule is CCC(=O)NCC(O)(O)O. The molecule has 0 atom stereocenters. The van der Waals surface area contributed by atoms with E-state index in [0.29, 0.717) is 0 Å². The molecule has 10 heavy (non-hydrogen) atoms. The normalized spacial score (nSPS) is 11.2. The highest BCUT2D eigenvalue weighted by atomic mass is 16.7. The van der Waals surface area contributed by atoms with Gasteiger partial charge in [0.25, 0.3) is 5.97 Å². The summed E-state index contributed by atoms with van der Waals surface area (Å²) >= 11 is 0. The van der Waals surface area contributed by atoms with E-state index in [-0.39, 0.29) is 12.3 Å². The Morgan fingerprint density at radius 2 is 2.00 bits per heavy atom. The zero-order chi connectivity index (χ0) is 8.20. The molecule has 0 aromatic heterocycles. The van der Waals surface area contributed by atoms with E-state index in [1.54, 1.807) is 6.92 Å². The first-order chi connectivity index (χ1) is 4.45. The highest BCUT2D eigenvalue weighted by Crippen LogP contribution is 1.88. The standard InChI is InChI=1S/C5H11NO4/c1-2-4(7)6-3-5(8,9)10/h8-10H,2-3H2,1H3,(H,6,7). The molecule has 0 radical (unpaired) electrons. The zero-order valence-electron chi connectivity index (χ0n) is 5.66. The fourth-order valence-electron chi connectivity index (χ4n) is 0.342. The quantitative estimate of drug-likeness (QED) is 0.354. The van der Waals surface area contributed by atoms with Gasteiger partial charge < -0.3 is 20.6 Å². The summed E-state index contributed by atoms with van der Waals surface area (Å²) in [7, 11) is 0. The van der Waals surface area contributed by atoms with Crippen LogP contribution in [0, 0.1) is 0 Å². The lowest BCUT2D eigenvalue weighted by Gasteiger charge is -2.13. The van der Waals surface area contributed by atoms with Crippen molar-refractivity contribution >= 4 is 5.91 Å². The second-order valence-corrected chi connectivity index (χ2v) is 1.90. The Morgan fingerprint density at radius 3 is 2.30 bits per heavy atom. The zero-order valence-corrected chi connectivity index (χ0v) is 5.66. The van der Waals surface area contributed by atoms with Crippen LogP contribution in [0.5, 0.6) is 0 Å². The van der Waals surface area contributed by atoms with Gasteiger partial charge in [0.2, 0.25) is 5.91 Å². The van der Waals surface area contributed by atoms with E-state index in [1.807, 2.05) is 0 Å². The Hall–Kier alpha value is -0.650. The first-order valence-corrected chi connectivity index (χ1v) is 2.89. The van der Waals surface area contributed by atoms with Crippen LogP contribution in [0.3, 0.4) is 0 Å². The number of hydrogen-bond acceptors (Lipinski definition) is 4. The van der Waals surface area contributed by atoms with Gasteiger partial charge in [0, 0.05) is 6.42 Å². The van der Waals surface area contributed by atoms with E-state index in [1.165, 1.54) is 0 Å². The molecule has 0 heterocycles. The number of nitrogens with one attached hydrogen (secondary N) is 1. The van der Waals surface area contributed by atoms with Crippen molar-refractivity contribution in [1.29, 1.82) is 0 Å². The molecular formula is C5H11NO4. The van der Waals surface area contributed by atoms with Crippen molar-refractivity contribution in [3.63, 3.8) is 0 Å². The molecule has 4 N–H and O–H groups in total. The molecular weight excluding hydrogens is 138 g/mol. The molecule has 0 fully saturated rings. The van der Waals surface area contributed by atoms with Gasteiger partial charge in [-0.25, -0.2) is 0 Å². The second-order valence-electron chi connectivity index (χ2n) is 1.90. The number of rotatable bonds is 3. The molecule has 5 heteroatoms. The first-order valence-electron chi connectivity index (χ1n) is 2.89. The fourth-order valence-corrected chi connectivity index (χ4v) is 0.342. The smallest absolute Gasteiger partial charge is 0.293 e. The van der Waals surface area contributed by atoms with Crippen molar-refractivity contribution in [1.82, 2.24) is 5.32 Å². The molecule has 1 amide bonds. The molecule has 0 saturated heterocycles. The lowest BCUT2D eigenvalue weighted by atomic mass is 10.4. The van der Waals surface area contributed by atoms with Crippen LogP contribution in [0.4, 0.5) is 0 Å². The van der Waals surface area contributed by atoms with Gasteiger partial charge in [-0.05, 0) is 0 Å². The summed E-state index contributed by atoms with van der Waals surface area (Å²) in [5, 5.41) is 26.9. The topological polar surface area (TPSA) is 89.8 Å². The first kappa shape index (κ1) is 9.35. The minimum absolute atomic E-state index is 0.246. The summed E-state index contributed by atoms with van der Waals surface area (Å²) in [6, 6.07) is 0. The Labute approximate surface area is 58.3 Å². The van der Waals surface area contributed by atoms with E-state index in [2.05, 4.69) is 5.32 Å². The lowest BCUT2D eigenvalue weighted by molar-refractivity contribution is -0.305. The molecule has 5 nitrogen and oxygen atoms in total. The van der Waals surface area contributed by atoms with Gasteiger partial charge in [0.1, 0.15) is 0 Å². The van der Waals surface area contributed by atoms with E-state index in [0.717, 1.165) is 0 Å². The predicted molar refractivity (Wildman–Crippen MR) is 32.7 cm³/mol. The molecule has 0 aromatic carbocycles. The molecule has 0 spiro atoms. The number of hydrogen-bond donors (Lipinski definition) is 4. The summed E-state index contributed by atoms with van der Waals surface area (Å²) in [4.78, 5) is 10.4. The Balaban J connectivity index is 3.46. The third kappa shape index (κ3) is 5.49. The minimum atomic E-state index is -2.80. The molecule has 0 bridgehead atoms. The van der Waals surface area contributed by atoms with Crippen LogP contribution in [-0.4, -0.2) is 33.7 Å². The van der Waals surface area contributed by atoms with Crippen molar-refractivity contribution in [2.45, 2.75) is 19.3 Å².